The third-order valence-electron chi connectivity index (χ3n) is 3.37. The highest BCUT2D eigenvalue weighted by Crippen LogP contribution is 2.34. The Morgan fingerprint density at radius 1 is 1.19 bits per heavy atom. The van der Waals surface area contributed by atoms with Crippen molar-refractivity contribution in [3.05, 3.63) is 40.3 Å². The molecular formula is C15H16N4OS. The Kier molecular flexibility index (Phi) is 3.48. The zero-order chi connectivity index (χ0) is 15.0. The average Bonchev–Trinajstić information content (AvgIpc) is 2.84. The lowest BCUT2D eigenvalue weighted by molar-refractivity contribution is 0.465. The highest BCUT2D eigenvalue weighted by atomic mass is 32.1. The van der Waals surface area contributed by atoms with Gasteiger partial charge in [0.2, 0.25) is 11.8 Å². The minimum absolute atomic E-state index is 0.352. The van der Waals surface area contributed by atoms with Gasteiger partial charge in [0.1, 0.15) is 10.6 Å². The van der Waals surface area contributed by atoms with E-state index in [4.69, 9.17) is 10.6 Å². The number of hydrogen-bond acceptors (Lipinski definition) is 6. The van der Waals surface area contributed by atoms with E-state index < -0.39 is 0 Å². The van der Waals surface area contributed by atoms with Crippen molar-refractivity contribution >= 4 is 27.5 Å². The molecule has 3 aromatic rings. The van der Waals surface area contributed by atoms with Gasteiger partial charge in [0.15, 0.2) is 0 Å². The Morgan fingerprint density at radius 2 is 2.00 bits per heavy atom. The van der Waals surface area contributed by atoms with E-state index in [1.807, 2.05) is 32.0 Å². The van der Waals surface area contributed by atoms with E-state index in [2.05, 4.69) is 28.4 Å². The Hall–Kier alpha value is -2.18. The second-order valence-corrected chi connectivity index (χ2v) is 6.11. The van der Waals surface area contributed by atoms with Gasteiger partial charge in [-0.2, -0.15) is 4.98 Å². The molecule has 0 spiro atoms. The summed E-state index contributed by atoms with van der Waals surface area (Å²) in [6.45, 7) is 6.12. The smallest absolute Gasteiger partial charge is 0.241 e. The van der Waals surface area contributed by atoms with Gasteiger partial charge in [-0.15, -0.1) is 11.3 Å². The van der Waals surface area contributed by atoms with Gasteiger partial charge in [-0.3, -0.25) is 5.43 Å². The highest BCUT2D eigenvalue weighted by molar-refractivity contribution is 7.18. The molecule has 2 aromatic heterocycles. The van der Waals surface area contributed by atoms with Crippen LogP contribution >= 0.6 is 11.3 Å². The van der Waals surface area contributed by atoms with Gasteiger partial charge in [-0.25, -0.2) is 10.8 Å². The van der Waals surface area contributed by atoms with Gasteiger partial charge in [0, 0.05) is 4.88 Å². The van der Waals surface area contributed by atoms with Gasteiger partial charge in [0.25, 0.3) is 0 Å². The summed E-state index contributed by atoms with van der Waals surface area (Å²) in [5, 5.41) is 0.900. The summed E-state index contributed by atoms with van der Waals surface area (Å²) in [5.74, 6) is 7.10. The van der Waals surface area contributed by atoms with Crippen molar-refractivity contribution in [2.45, 2.75) is 20.8 Å². The zero-order valence-corrected chi connectivity index (χ0v) is 12.9. The number of ether oxygens (including phenoxy) is 1. The summed E-state index contributed by atoms with van der Waals surface area (Å²) in [4.78, 5) is 10.7. The van der Waals surface area contributed by atoms with Crippen LogP contribution in [0.3, 0.4) is 0 Å². The fourth-order valence-electron chi connectivity index (χ4n) is 2.10. The first-order valence-electron chi connectivity index (χ1n) is 6.57. The van der Waals surface area contributed by atoms with E-state index in [1.165, 1.54) is 5.56 Å². The number of nitrogens with two attached hydrogens (primary N) is 1. The normalized spacial score (nSPS) is 10.9. The topological polar surface area (TPSA) is 73.1 Å². The molecule has 21 heavy (non-hydrogen) atoms. The maximum Gasteiger partial charge on any atom is 0.241 e. The molecule has 0 atom stereocenters. The number of anilines is 1. The van der Waals surface area contributed by atoms with Crippen molar-refractivity contribution in [1.29, 1.82) is 0 Å². The van der Waals surface area contributed by atoms with E-state index in [9.17, 15) is 0 Å². The fraction of sp³-hybridized carbons (Fsp3) is 0.200. The number of benzene rings is 1. The van der Waals surface area contributed by atoms with E-state index in [1.54, 1.807) is 11.3 Å². The minimum Gasteiger partial charge on any atom is -0.438 e. The first kappa shape index (κ1) is 13.8. The first-order chi connectivity index (χ1) is 10.1. The third-order valence-corrected chi connectivity index (χ3v) is 4.32. The van der Waals surface area contributed by atoms with E-state index in [0.717, 1.165) is 26.4 Å². The van der Waals surface area contributed by atoms with Crippen molar-refractivity contribution in [2.75, 3.05) is 5.43 Å². The predicted molar refractivity (Wildman–Crippen MR) is 86.0 cm³/mol. The van der Waals surface area contributed by atoms with Crippen molar-refractivity contribution in [2.24, 2.45) is 5.84 Å². The molecule has 0 saturated heterocycles. The minimum atomic E-state index is 0.352. The van der Waals surface area contributed by atoms with Crippen molar-refractivity contribution in [3.8, 4) is 11.6 Å². The molecule has 0 fully saturated rings. The van der Waals surface area contributed by atoms with Crippen LogP contribution in [0.25, 0.3) is 10.2 Å². The van der Waals surface area contributed by atoms with Crippen LogP contribution in [0.15, 0.2) is 24.3 Å². The molecule has 0 unspecified atom stereocenters. The molecule has 0 aliphatic heterocycles. The molecule has 3 rings (SSSR count). The summed E-state index contributed by atoms with van der Waals surface area (Å²) in [6, 6.07) is 7.99. The van der Waals surface area contributed by atoms with Gasteiger partial charge in [-0.05, 0) is 44.0 Å². The van der Waals surface area contributed by atoms with Gasteiger partial charge < -0.3 is 4.74 Å². The maximum absolute atomic E-state index is 6.02. The lowest BCUT2D eigenvalue weighted by Crippen LogP contribution is -2.10. The van der Waals surface area contributed by atoms with Crippen LogP contribution in [0.5, 0.6) is 11.6 Å². The number of nitrogens with zero attached hydrogens (tertiary/aromatic N) is 2. The van der Waals surface area contributed by atoms with E-state index in [-0.39, 0.29) is 0 Å². The quantitative estimate of drug-likeness (QED) is 0.570. The van der Waals surface area contributed by atoms with Crippen LogP contribution in [0.4, 0.5) is 5.95 Å². The number of aromatic nitrogens is 2. The van der Waals surface area contributed by atoms with E-state index >= 15 is 0 Å². The monoisotopic (exact) mass is 300 g/mol. The summed E-state index contributed by atoms with van der Waals surface area (Å²) in [5.41, 5.74) is 4.76. The van der Waals surface area contributed by atoms with Crippen LogP contribution in [0.1, 0.15) is 16.0 Å². The number of aryl methyl sites for hydroxylation is 2. The number of nitrogens with one attached hydrogen (secondary N) is 1. The Labute approximate surface area is 126 Å². The lowest BCUT2D eigenvalue weighted by Gasteiger charge is -2.11. The molecule has 0 amide bonds. The Bertz CT molecular complexity index is 813. The van der Waals surface area contributed by atoms with Gasteiger partial charge in [-0.1, -0.05) is 12.1 Å². The van der Waals surface area contributed by atoms with Crippen LogP contribution in [-0.2, 0) is 0 Å². The maximum atomic E-state index is 6.02. The Morgan fingerprint density at radius 3 is 2.76 bits per heavy atom. The van der Waals surface area contributed by atoms with Crippen molar-refractivity contribution in [1.82, 2.24) is 9.97 Å². The highest BCUT2D eigenvalue weighted by Gasteiger charge is 2.13. The molecule has 3 N–H and O–H groups in total. The molecule has 0 aliphatic carbocycles. The number of fused-ring (bicyclic) bond motifs is 1. The van der Waals surface area contributed by atoms with Crippen molar-refractivity contribution < 1.29 is 4.74 Å². The molecule has 6 heteroatoms. The van der Waals surface area contributed by atoms with Crippen LogP contribution in [-0.4, -0.2) is 9.97 Å². The largest absolute Gasteiger partial charge is 0.438 e. The average molecular weight is 300 g/mol. The molecule has 0 saturated carbocycles. The molecule has 5 nitrogen and oxygen atoms in total. The second kappa shape index (κ2) is 5.31. The number of hydrogen-bond donors (Lipinski definition) is 2. The number of rotatable bonds is 3. The summed E-state index contributed by atoms with van der Waals surface area (Å²) < 4.78 is 6.02. The molecule has 108 valence electrons. The van der Waals surface area contributed by atoms with Crippen LogP contribution in [0.2, 0.25) is 0 Å². The molecule has 0 bridgehead atoms. The number of nitrogen functional groups attached to an aromatic ring is 1. The molecule has 0 radical (unpaired) electrons. The van der Waals surface area contributed by atoms with Crippen LogP contribution < -0.4 is 16.0 Å². The standard InChI is InChI=1S/C15H16N4OS/c1-8-5-4-6-12(10(8)3)20-13-11-7-9(2)21-14(11)18-15(17-13)19-16/h4-7H,16H2,1-3H3,(H,17,18,19). The molecular weight excluding hydrogens is 284 g/mol. The summed E-state index contributed by atoms with van der Waals surface area (Å²) >= 11 is 1.59. The Balaban J connectivity index is 2.12. The molecule has 1 aromatic carbocycles. The van der Waals surface area contributed by atoms with Gasteiger partial charge >= 0.3 is 0 Å². The number of hydrazine groups is 1. The fourth-order valence-corrected chi connectivity index (χ4v) is 2.97. The number of thiophene rings is 1. The van der Waals surface area contributed by atoms with Gasteiger partial charge in [0.05, 0.1) is 5.39 Å². The first-order valence-corrected chi connectivity index (χ1v) is 7.39. The zero-order valence-electron chi connectivity index (χ0n) is 12.1. The van der Waals surface area contributed by atoms with Crippen LogP contribution in [0, 0.1) is 20.8 Å². The van der Waals surface area contributed by atoms with E-state index in [0.29, 0.717) is 11.8 Å². The third kappa shape index (κ3) is 2.55. The second-order valence-electron chi connectivity index (χ2n) is 4.87. The molecule has 2 heterocycles. The summed E-state index contributed by atoms with van der Waals surface area (Å²) in [7, 11) is 0. The SMILES string of the molecule is Cc1cc2c(Oc3cccc(C)c3C)nc(NN)nc2s1. The lowest BCUT2D eigenvalue weighted by atomic mass is 10.1. The molecule has 0 aliphatic rings. The van der Waals surface area contributed by atoms with Crippen molar-refractivity contribution in [3.63, 3.8) is 0 Å². The summed E-state index contributed by atoms with van der Waals surface area (Å²) in [6.07, 6.45) is 0. The predicted octanol–water partition coefficient (Wildman–Crippen LogP) is 3.69.